The highest BCUT2D eigenvalue weighted by molar-refractivity contribution is 5.94. The summed E-state index contributed by atoms with van der Waals surface area (Å²) in [7, 11) is 3.96. The van der Waals surface area contributed by atoms with Gasteiger partial charge in [-0.1, -0.05) is 6.07 Å². The molecular weight excluding hydrogens is 240 g/mol. The lowest BCUT2D eigenvalue weighted by Crippen LogP contribution is -2.10. The Hall–Kier alpha value is -2.10. The Morgan fingerprint density at radius 2 is 1.95 bits per heavy atom. The highest BCUT2D eigenvalue weighted by Gasteiger charge is 2.11. The van der Waals surface area contributed by atoms with Crippen molar-refractivity contribution >= 4 is 22.6 Å². The number of carbonyl (C=O) groups is 1. The summed E-state index contributed by atoms with van der Waals surface area (Å²) in [6, 6.07) is 5.85. The summed E-state index contributed by atoms with van der Waals surface area (Å²) in [6.07, 6.45) is 0.0392. The number of hydrogen-bond acceptors (Lipinski definition) is 3. The molecule has 0 radical (unpaired) electrons. The van der Waals surface area contributed by atoms with Crippen molar-refractivity contribution in [2.24, 2.45) is 0 Å². The van der Waals surface area contributed by atoms with Crippen LogP contribution < -0.4 is 4.90 Å². The number of nitrogens with zero attached hydrogens (tertiary/aromatic N) is 2. The molecular formula is C15H18N2O2. The van der Waals surface area contributed by atoms with Gasteiger partial charge in [0, 0.05) is 30.9 Å². The molecule has 0 aliphatic carbocycles. The van der Waals surface area contributed by atoms with Crippen LogP contribution in [0.3, 0.4) is 0 Å². The van der Waals surface area contributed by atoms with Crippen LogP contribution in [-0.4, -0.2) is 30.2 Å². The van der Waals surface area contributed by atoms with E-state index in [-0.39, 0.29) is 6.42 Å². The maximum Gasteiger partial charge on any atom is 0.307 e. The summed E-state index contributed by atoms with van der Waals surface area (Å²) in [5, 5.41) is 9.93. The molecule has 4 heteroatoms. The maximum absolute atomic E-state index is 10.9. The van der Waals surface area contributed by atoms with Gasteiger partial charge >= 0.3 is 5.97 Å². The molecule has 0 bridgehead atoms. The van der Waals surface area contributed by atoms with Gasteiger partial charge in [0.05, 0.1) is 11.9 Å². The van der Waals surface area contributed by atoms with Crippen LogP contribution in [0.1, 0.15) is 16.8 Å². The van der Waals surface area contributed by atoms with Gasteiger partial charge in [-0.25, -0.2) is 0 Å². The Morgan fingerprint density at radius 1 is 1.26 bits per heavy atom. The van der Waals surface area contributed by atoms with Crippen LogP contribution in [0.2, 0.25) is 0 Å². The zero-order chi connectivity index (χ0) is 14.2. The fraction of sp³-hybridized carbons (Fsp3) is 0.333. The summed E-state index contributed by atoms with van der Waals surface area (Å²) in [5.41, 5.74) is 4.80. The number of aromatic nitrogens is 1. The van der Waals surface area contributed by atoms with Crippen LogP contribution >= 0.6 is 0 Å². The first-order valence-electron chi connectivity index (χ1n) is 6.18. The van der Waals surface area contributed by atoms with Gasteiger partial charge in [-0.05, 0) is 37.1 Å². The van der Waals surface area contributed by atoms with Crippen molar-refractivity contribution in [1.29, 1.82) is 0 Å². The van der Waals surface area contributed by atoms with Crippen molar-refractivity contribution < 1.29 is 9.90 Å². The number of aryl methyl sites for hydroxylation is 2. The zero-order valence-electron chi connectivity index (χ0n) is 11.7. The first kappa shape index (κ1) is 13.3. The molecule has 0 saturated heterocycles. The Bertz CT molecular complexity index is 648. The van der Waals surface area contributed by atoms with Gasteiger partial charge in [-0.15, -0.1) is 0 Å². The molecule has 1 heterocycles. The van der Waals surface area contributed by atoms with Crippen molar-refractivity contribution in [2.75, 3.05) is 19.0 Å². The third kappa shape index (κ3) is 2.67. The summed E-state index contributed by atoms with van der Waals surface area (Å²) >= 11 is 0. The maximum atomic E-state index is 10.9. The summed E-state index contributed by atoms with van der Waals surface area (Å²) in [6.45, 7) is 3.94. The molecule has 4 nitrogen and oxygen atoms in total. The standard InChI is InChI=1S/C15H18N2O2/c1-9-5-11(8-14(18)19)7-12-13(17(3)4)6-10(2)16-15(9)12/h5-7H,8H2,1-4H3,(H,18,19). The SMILES string of the molecule is Cc1cc(N(C)C)c2cc(CC(=O)O)cc(C)c2n1. The third-order valence-electron chi connectivity index (χ3n) is 3.11. The van der Waals surface area contributed by atoms with Gasteiger partial charge in [-0.2, -0.15) is 0 Å². The van der Waals surface area contributed by atoms with E-state index in [1.54, 1.807) is 0 Å². The van der Waals surface area contributed by atoms with E-state index in [9.17, 15) is 4.79 Å². The molecule has 1 N–H and O–H groups in total. The molecule has 0 aliphatic rings. The fourth-order valence-corrected chi connectivity index (χ4v) is 2.33. The average molecular weight is 258 g/mol. The molecule has 1 aromatic heterocycles. The smallest absolute Gasteiger partial charge is 0.307 e. The topological polar surface area (TPSA) is 53.4 Å². The monoisotopic (exact) mass is 258 g/mol. The summed E-state index contributed by atoms with van der Waals surface area (Å²) in [5.74, 6) is -0.815. The second-order valence-corrected chi connectivity index (χ2v) is 5.06. The highest BCUT2D eigenvalue weighted by atomic mass is 16.4. The van der Waals surface area contributed by atoms with Crippen LogP contribution in [0.15, 0.2) is 18.2 Å². The average Bonchev–Trinajstić information content (AvgIpc) is 2.28. The lowest BCUT2D eigenvalue weighted by Gasteiger charge is -2.17. The van der Waals surface area contributed by atoms with E-state index in [0.29, 0.717) is 0 Å². The molecule has 0 atom stereocenters. The summed E-state index contributed by atoms with van der Waals surface area (Å²) < 4.78 is 0. The molecule has 1 aromatic carbocycles. The number of benzene rings is 1. The molecule has 19 heavy (non-hydrogen) atoms. The minimum Gasteiger partial charge on any atom is -0.481 e. The quantitative estimate of drug-likeness (QED) is 0.919. The number of anilines is 1. The van der Waals surface area contributed by atoms with E-state index in [1.807, 2.05) is 51.0 Å². The molecule has 0 aliphatic heterocycles. The second-order valence-electron chi connectivity index (χ2n) is 5.06. The molecule has 100 valence electrons. The number of fused-ring (bicyclic) bond motifs is 1. The van der Waals surface area contributed by atoms with Crippen molar-refractivity contribution in [1.82, 2.24) is 4.98 Å². The third-order valence-corrected chi connectivity index (χ3v) is 3.11. The first-order valence-corrected chi connectivity index (χ1v) is 6.18. The van der Waals surface area contributed by atoms with Gasteiger partial charge in [0.15, 0.2) is 0 Å². The first-order chi connectivity index (χ1) is 8.88. The van der Waals surface area contributed by atoms with Gasteiger partial charge in [-0.3, -0.25) is 9.78 Å². The molecule has 0 saturated carbocycles. The molecule has 0 amide bonds. The van der Waals surface area contributed by atoms with Crippen molar-refractivity contribution in [2.45, 2.75) is 20.3 Å². The van der Waals surface area contributed by atoms with Crippen molar-refractivity contribution in [3.05, 3.63) is 35.0 Å². The second kappa shape index (κ2) is 4.88. The van der Waals surface area contributed by atoms with E-state index in [2.05, 4.69) is 4.98 Å². The Morgan fingerprint density at radius 3 is 2.53 bits per heavy atom. The number of pyridine rings is 1. The van der Waals surface area contributed by atoms with E-state index >= 15 is 0 Å². The Labute approximate surface area is 112 Å². The minimum absolute atomic E-state index is 0.0392. The Kier molecular flexibility index (Phi) is 3.42. The van der Waals surface area contributed by atoms with Crippen molar-refractivity contribution in [3.8, 4) is 0 Å². The van der Waals surface area contributed by atoms with Gasteiger partial charge in [0.25, 0.3) is 0 Å². The molecule has 2 aromatic rings. The number of hydrogen-bond donors (Lipinski definition) is 1. The molecule has 0 fully saturated rings. The van der Waals surface area contributed by atoms with E-state index < -0.39 is 5.97 Å². The number of carboxylic acids is 1. The zero-order valence-corrected chi connectivity index (χ0v) is 11.7. The van der Waals surface area contributed by atoms with Crippen LogP contribution in [-0.2, 0) is 11.2 Å². The van der Waals surface area contributed by atoms with Crippen LogP contribution in [0.5, 0.6) is 0 Å². The molecule has 0 unspecified atom stereocenters. The minimum atomic E-state index is -0.815. The lowest BCUT2D eigenvalue weighted by atomic mass is 10.0. The van der Waals surface area contributed by atoms with Gasteiger partial charge < -0.3 is 10.0 Å². The van der Waals surface area contributed by atoms with Gasteiger partial charge in [0.2, 0.25) is 0 Å². The fourth-order valence-electron chi connectivity index (χ4n) is 2.33. The lowest BCUT2D eigenvalue weighted by molar-refractivity contribution is -0.136. The predicted octanol–water partition coefficient (Wildman–Crippen LogP) is 2.54. The van der Waals surface area contributed by atoms with Crippen molar-refractivity contribution in [3.63, 3.8) is 0 Å². The van der Waals surface area contributed by atoms with Crippen LogP contribution in [0, 0.1) is 13.8 Å². The normalized spacial score (nSPS) is 10.7. The van der Waals surface area contributed by atoms with Crippen LogP contribution in [0.4, 0.5) is 5.69 Å². The molecule has 0 spiro atoms. The predicted molar refractivity (Wildman–Crippen MR) is 76.9 cm³/mol. The van der Waals surface area contributed by atoms with E-state index in [1.165, 1.54) is 0 Å². The van der Waals surface area contributed by atoms with Gasteiger partial charge in [0.1, 0.15) is 0 Å². The summed E-state index contributed by atoms with van der Waals surface area (Å²) in [4.78, 5) is 17.5. The largest absolute Gasteiger partial charge is 0.481 e. The highest BCUT2D eigenvalue weighted by Crippen LogP contribution is 2.29. The van der Waals surface area contributed by atoms with E-state index in [4.69, 9.17) is 5.11 Å². The Balaban J connectivity index is 2.73. The number of aliphatic carboxylic acids is 1. The number of carboxylic acid groups (broad SMARTS) is 1. The van der Waals surface area contributed by atoms with Crippen LogP contribution in [0.25, 0.3) is 10.9 Å². The molecule has 2 rings (SSSR count). The van der Waals surface area contributed by atoms with E-state index in [0.717, 1.165) is 33.4 Å². The number of rotatable bonds is 3.